The first-order valence-electron chi connectivity index (χ1n) is 11.2. The summed E-state index contributed by atoms with van der Waals surface area (Å²) in [5.74, 6) is -2.51. The van der Waals surface area contributed by atoms with E-state index < -0.39 is 11.9 Å². The third kappa shape index (κ3) is 5.62. The summed E-state index contributed by atoms with van der Waals surface area (Å²) < 4.78 is 0. The molecule has 0 saturated carbocycles. The van der Waals surface area contributed by atoms with Crippen LogP contribution in [0.1, 0.15) is 25.7 Å². The highest BCUT2D eigenvalue weighted by Crippen LogP contribution is 2.36. The van der Waals surface area contributed by atoms with Crippen molar-refractivity contribution in [2.75, 3.05) is 12.4 Å². The first-order valence-corrected chi connectivity index (χ1v) is 11.2. The van der Waals surface area contributed by atoms with E-state index in [1.165, 1.54) is 53.4 Å². The van der Waals surface area contributed by atoms with Crippen LogP contribution < -0.4 is 5.32 Å². The van der Waals surface area contributed by atoms with Crippen molar-refractivity contribution in [3.05, 3.63) is 66.9 Å². The Morgan fingerprint density at radius 2 is 1.64 bits per heavy atom. The molecular formula is C26H29N3O4. The van der Waals surface area contributed by atoms with Crippen LogP contribution in [0.2, 0.25) is 0 Å². The Bertz CT molecular complexity index is 1140. The molecule has 5 rings (SSSR count). The van der Waals surface area contributed by atoms with Gasteiger partial charge < -0.3 is 25.4 Å². The molecule has 3 atom stereocenters. The minimum atomic E-state index is -1.26. The van der Waals surface area contributed by atoms with Gasteiger partial charge in [-0.25, -0.2) is 9.59 Å². The second kappa shape index (κ2) is 9.92. The largest absolute Gasteiger partial charge is 0.478 e. The zero-order valence-electron chi connectivity index (χ0n) is 18.6. The van der Waals surface area contributed by atoms with Crippen molar-refractivity contribution >= 4 is 28.5 Å². The van der Waals surface area contributed by atoms with Crippen molar-refractivity contribution in [3.8, 4) is 11.1 Å². The summed E-state index contributed by atoms with van der Waals surface area (Å²) in [5, 5.41) is 20.7. The van der Waals surface area contributed by atoms with Crippen LogP contribution in [0.25, 0.3) is 22.0 Å². The van der Waals surface area contributed by atoms with Gasteiger partial charge in [-0.3, -0.25) is 0 Å². The number of benzene rings is 2. The highest BCUT2D eigenvalue weighted by atomic mass is 16.4. The average Bonchev–Trinajstić information content (AvgIpc) is 3.33. The fraction of sp³-hybridized carbons (Fsp3) is 0.308. The van der Waals surface area contributed by atoms with Gasteiger partial charge in [0.1, 0.15) is 0 Å². The molecule has 2 saturated heterocycles. The van der Waals surface area contributed by atoms with Crippen LogP contribution in [-0.2, 0) is 9.59 Å². The molecule has 0 unspecified atom stereocenters. The minimum absolute atomic E-state index is 0.558. The highest BCUT2D eigenvalue weighted by Gasteiger charge is 2.38. The number of aromatic nitrogens is 1. The van der Waals surface area contributed by atoms with E-state index in [0.29, 0.717) is 18.2 Å². The van der Waals surface area contributed by atoms with Gasteiger partial charge in [-0.1, -0.05) is 18.2 Å². The number of anilines is 1. The molecule has 3 aromatic rings. The molecule has 4 N–H and O–H groups in total. The van der Waals surface area contributed by atoms with E-state index in [2.05, 4.69) is 70.8 Å². The van der Waals surface area contributed by atoms with E-state index in [4.69, 9.17) is 10.2 Å². The normalized spacial score (nSPS) is 22.2. The fourth-order valence-electron chi connectivity index (χ4n) is 4.93. The van der Waals surface area contributed by atoms with Gasteiger partial charge in [0.15, 0.2) is 0 Å². The zero-order valence-corrected chi connectivity index (χ0v) is 18.6. The number of carbonyl (C=O) groups is 2. The smallest absolute Gasteiger partial charge is 0.328 e. The number of fused-ring (bicyclic) bond motifs is 3. The summed E-state index contributed by atoms with van der Waals surface area (Å²) in [6.07, 6.45) is 8.40. The van der Waals surface area contributed by atoms with Crippen LogP contribution in [0.3, 0.4) is 0 Å². The predicted molar refractivity (Wildman–Crippen MR) is 129 cm³/mol. The monoisotopic (exact) mass is 447 g/mol. The molecule has 2 fully saturated rings. The van der Waals surface area contributed by atoms with Crippen LogP contribution >= 0.6 is 0 Å². The Labute approximate surface area is 192 Å². The van der Waals surface area contributed by atoms with Crippen LogP contribution in [0.5, 0.6) is 0 Å². The first-order chi connectivity index (χ1) is 15.9. The molecule has 33 heavy (non-hydrogen) atoms. The Balaban J connectivity index is 0.000000281. The molecule has 2 aliphatic rings. The standard InChI is InChI=1S/C22H25N3.C4H4O4/c1-25-20-6-7-21(25)14-19(13-20)24-18-4-2-3-15(12-18)16-5-8-22-17(11-16)9-10-23-22;5-3(6)1-2-4(7)8/h2-5,8-12,19-21,23-24H,6-7,13-14H2,1H3;1-2H,(H,5,6)(H,7,8)/b;2-1+/t19-,20+,21-;. The lowest BCUT2D eigenvalue weighted by atomic mass is 9.97. The molecule has 0 amide bonds. The summed E-state index contributed by atoms with van der Waals surface area (Å²) in [6, 6.07) is 19.8. The topological polar surface area (TPSA) is 106 Å². The SMILES string of the molecule is CN1[C@@H]2CC[C@H]1C[C@@H](Nc1cccc(-c3ccc4[nH]ccc4c3)c1)C2.O=C(O)/C=C/C(=O)O. The molecule has 0 aliphatic carbocycles. The van der Waals surface area contributed by atoms with Gasteiger partial charge in [0.05, 0.1) is 0 Å². The maximum atomic E-state index is 9.55. The second-order valence-corrected chi connectivity index (χ2v) is 8.73. The van der Waals surface area contributed by atoms with Crippen molar-refractivity contribution in [2.45, 2.75) is 43.8 Å². The maximum absolute atomic E-state index is 9.55. The molecule has 3 heterocycles. The summed E-state index contributed by atoms with van der Waals surface area (Å²) in [7, 11) is 2.30. The van der Waals surface area contributed by atoms with Gasteiger partial charge >= 0.3 is 11.9 Å². The summed E-state index contributed by atoms with van der Waals surface area (Å²) in [4.78, 5) is 25.0. The maximum Gasteiger partial charge on any atom is 0.328 e. The number of aliphatic carboxylic acids is 2. The van der Waals surface area contributed by atoms with Gasteiger partial charge in [0.25, 0.3) is 0 Å². The van der Waals surface area contributed by atoms with Crippen molar-refractivity contribution in [2.24, 2.45) is 0 Å². The van der Waals surface area contributed by atoms with Crippen molar-refractivity contribution in [3.63, 3.8) is 0 Å². The molecular weight excluding hydrogens is 418 g/mol. The molecule has 2 aromatic carbocycles. The van der Waals surface area contributed by atoms with Gasteiger partial charge in [-0.05, 0) is 79.6 Å². The second-order valence-electron chi connectivity index (χ2n) is 8.73. The lowest BCUT2D eigenvalue weighted by molar-refractivity contribution is -0.134. The highest BCUT2D eigenvalue weighted by molar-refractivity contribution is 5.89. The van der Waals surface area contributed by atoms with Gasteiger partial charge in [-0.15, -0.1) is 0 Å². The van der Waals surface area contributed by atoms with Crippen LogP contribution in [0.15, 0.2) is 66.9 Å². The number of rotatable bonds is 5. The lowest BCUT2D eigenvalue weighted by Crippen LogP contribution is -2.44. The fourth-order valence-corrected chi connectivity index (χ4v) is 4.93. The molecule has 7 heteroatoms. The van der Waals surface area contributed by atoms with Gasteiger partial charge in [-0.2, -0.15) is 0 Å². The van der Waals surface area contributed by atoms with Crippen LogP contribution in [0, 0.1) is 0 Å². The van der Waals surface area contributed by atoms with E-state index in [9.17, 15) is 9.59 Å². The number of nitrogens with zero attached hydrogens (tertiary/aromatic N) is 1. The average molecular weight is 448 g/mol. The number of nitrogens with one attached hydrogen (secondary N) is 2. The van der Waals surface area contributed by atoms with Crippen LogP contribution in [0.4, 0.5) is 5.69 Å². The Morgan fingerprint density at radius 1 is 0.970 bits per heavy atom. The molecule has 7 nitrogen and oxygen atoms in total. The number of hydrogen-bond donors (Lipinski definition) is 4. The van der Waals surface area contributed by atoms with E-state index in [0.717, 1.165) is 12.1 Å². The zero-order chi connectivity index (χ0) is 23.4. The summed E-state index contributed by atoms with van der Waals surface area (Å²) >= 11 is 0. The van der Waals surface area contributed by atoms with Crippen LogP contribution in [-0.4, -0.2) is 57.2 Å². The molecule has 0 radical (unpaired) electrons. The van der Waals surface area contributed by atoms with E-state index in [1.54, 1.807) is 0 Å². The van der Waals surface area contributed by atoms with E-state index in [1.807, 2.05) is 6.20 Å². The third-order valence-electron chi connectivity index (χ3n) is 6.59. The number of carboxylic acid groups (broad SMARTS) is 2. The van der Waals surface area contributed by atoms with Gasteiger partial charge in [0, 0.05) is 47.7 Å². The Hall–Kier alpha value is -3.58. The Kier molecular flexibility index (Phi) is 6.79. The predicted octanol–water partition coefficient (Wildman–Crippen LogP) is 4.58. The Morgan fingerprint density at radius 3 is 2.30 bits per heavy atom. The number of carboxylic acids is 2. The molecule has 2 aliphatic heterocycles. The van der Waals surface area contributed by atoms with Gasteiger partial charge in [0.2, 0.25) is 0 Å². The quantitative estimate of drug-likeness (QED) is 0.427. The number of aromatic amines is 1. The first kappa shape index (κ1) is 22.6. The van der Waals surface area contributed by atoms with E-state index >= 15 is 0 Å². The number of H-pyrrole nitrogens is 1. The molecule has 2 bridgehead atoms. The molecule has 0 spiro atoms. The minimum Gasteiger partial charge on any atom is -0.478 e. The van der Waals surface area contributed by atoms with Crippen molar-refractivity contribution in [1.82, 2.24) is 9.88 Å². The summed E-state index contributed by atoms with van der Waals surface area (Å²) in [5.41, 5.74) is 5.00. The number of piperidine rings is 1. The lowest BCUT2D eigenvalue weighted by Gasteiger charge is -2.37. The van der Waals surface area contributed by atoms with Crippen molar-refractivity contribution < 1.29 is 19.8 Å². The van der Waals surface area contributed by atoms with E-state index in [-0.39, 0.29) is 0 Å². The van der Waals surface area contributed by atoms with Crippen molar-refractivity contribution in [1.29, 1.82) is 0 Å². The third-order valence-corrected chi connectivity index (χ3v) is 6.59. The molecule has 1 aromatic heterocycles. The molecule has 172 valence electrons. The number of hydrogen-bond acceptors (Lipinski definition) is 4. The summed E-state index contributed by atoms with van der Waals surface area (Å²) in [6.45, 7) is 0.